The maximum absolute atomic E-state index is 5.46. The van der Waals surface area contributed by atoms with Crippen molar-refractivity contribution in [2.45, 2.75) is 0 Å². The van der Waals surface area contributed by atoms with Crippen molar-refractivity contribution in [1.29, 1.82) is 0 Å². The molecule has 0 aliphatic carbocycles. The summed E-state index contributed by atoms with van der Waals surface area (Å²) in [4.78, 5) is 0. The van der Waals surface area contributed by atoms with E-state index >= 15 is 0 Å². The Bertz CT molecular complexity index is 271. The van der Waals surface area contributed by atoms with Gasteiger partial charge >= 0.3 is 0 Å². The molecule has 0 fully saturated rings. The van der Waals surface area contributed by atoms with Crippen molar-refractivity contribution in [2.75, 3.05) is 40.6 Å². The lowest BCUT2D eigenvalue weighted by Crippen LogP contribution is -2.09. The number of hydrogen-bond acceptors (Lipinski definition) is 4. The summed E-state index contributed by atoms with van der Waals surface area (Å²) in [5.74, 6) is 1.64. The number of hydrogen-bond donors (Lipinski definition) is 0. The molecule has 0 unspecified atom stereocenters. The van der Waals surface area contributed by atoms with Gasteiger partial charge in [0.25, 0.3) is 0 Å². The molecule has 0 bridgehead atoms. The molecule has 0 saturated carbocycles. The van der Waals surface area contributed by atoms with Gasteiger partial charge < -0.3 is 18.9 Å². The van der Waals surface area contributed by atoms with Crippen LogP contribution in [0.4, 0.5) is 0 Å². The van der Waals surface area contributed by atoms with Gasteiger partial charge in [-0.3, -0.25) is 0 Å². The average Bonchev–Trinajstić information content (AvgIpc) is 2.34. The molecule has 0 atom stereocenters. The molecule has 1 rings (SSSR count). The minimum absolute atomic E-state index is 0.538. The Labute approximate surface area is 96.1 Å². The second-order valence-corrected chi connectivity index (χ2v) is 3.13. The number of methoxy groups -OCH3 is 2. The summed E-state index contributed by atoms with van der Waals surface area (Å²) < 4.78 is 20.6. The van der Waals surface area contributed by atoms with Crippen LogP contribution in [0.15, 0.2) is 24.3 Å². The molecule has 16 heavy (non-hydrogen) atoms. The first-order valence-corrected chi connectivity index (χ1v) is 5.20. The highest BCUT2D eigenvalue weighted by atomic mass is 16.5. The van der Waals surface area contributed by atoms with Crippen LogP contribution in [0.3, 0.4) is 0 Å². The van der Waals surface area contributed by atoms with Crippen LogP contribution >= 0.6 is 0 Å². The molecule has 0 aliphatic heterocycles. The van der Waals surface area contributed by atoms with Gasteiger partial charge in [-0.25, -0.2) is 0 Å². The predicted octanol–water partition coefficient (Wildman–Crippen LogP) is 1.74. The van der Waals surface area contributed by atoms with Gasteiger partial charge in [-0.15, -0.1) is 0 Å². The Kier molecular flexibility index (Phi) is 6.37. The summed E-state index contributed by atoms with van der Waals surface area (Å²) in [7, 11) is 3.29. The van der Waals surface area contributed by atoms with E-state index in [4.69, 9.17) is 18.9 Å². The van der Waals surface area contributed by atoms with E-state index in [-0.39, 0.29) is 0 Å². The highest BCUT2D eigenvalue weighted by molar-refractivity contribution is 5.31. The number of benzene rings is 1. The lowest BCUT2D eigenvalue weighted by molar-refractivity contribution is 0.0544. The number of ether oxygens (including phenoxy) is 4. The largest absolute Gasteiger partial charge is 0.497 e. The molecule has 4 heteroatoms. The fraction of sp³-hybridized carbons (Fsp3) is 0.500. The Morgan fingerprint density at radius 1 is 0.812 bits per heavy atom. The van der Waals surface area contributed by atoms with E-state index in [2.05, 4.69) is 0 Å². The highest BCUT2D eigenvalue weighted by Crippen LogP contribution is 2.16. The standard InChI is InChI=1S/C12H18O4/c1-13-7-8-15-9-10-16-12-5-3-11(14-2)4-6-12/h3-6H,7-10H2,1-2H3. The molecule has 4 nitrogen and oxygen atoms in total. The summed E-state index contributed by atoms with van der Waals surface area (Å²) in [6.45, 7) is 2.32. The Morgan fingerprint density at radius 3 is 2.06 bits per heavy atom. The first-order valence-electron chi connectivity index (χ1n) is 5.20. The Morgan fingerprint density at radius 2 is 1.44 bits per heavy atom. The first kappa shape index (κ1) is 12.8. The maximum atomic E-state index is 5.46. The first-order chi connectivity index (χ1) is 7.86. The fourth-order valence-corrected chi connectivity index (χ4v) is 1.13. The van der Waals surface area contributed by atoms with Gasteiger partial charge in [-0.2, -0.15) is 0 Å². The lowest BCUT2D eigenvalue weighted by atomic mass is 10.3. The van der Waals surface area contributed by atoms with Crippen LogP contribution in [0, 0.1) is 0 Å². The van der Waals surface area contributed by atoms with Crippen molar-refractivity contribution in [1.82, 2.24) is 0 Å². The van der Waals surface area contributed by atoms with Gasteiger partial charge in [0, 0.05) is 7.11 Å². The van der Waals surface area contributed by atoms with E-state index in [9.17, 15) is 0 Å². The van der Waals surface area contributed by atoms with Gasteiger partial charge in [0.05, 0.1) is 26.9 Å². The van der Waals surface area contributed by atoms with Crippen LogP contribution < -0.4 is 9.47 Å². The maximum Gasteiger partial charge on any atom is 0.119 e. The highest BCUT2D eigenvalue weighted by Gasteiger charge is 1.95. The van der Waals surface area contributed by atoms with Crippen molar-refractivity contribution in [2.24, 2.45) is 0 Å². The summed E-state index contributed by atoms with van der Waals surface area (Å²) in [5, 5.41) is 0. The second-order valence-electron chi connectivity index (χ2n) is 3.13. The summed E-state index contributed by atoms with van der Waals surface area (Å²) in [6.07, 6.45) is 0. The van der Waals surface area contributed by atoms with Crippen LogP contribution in [0.25, 0.3) is 0 Å². The third-order valence-electron chi connectivity index (χ3n) is 1.99. The molecule has 1 aromatic rings. The van der Waals surface area contributed by atoms with E-state index < -0.39 is 0 Å². The van der Waals surface area contributed by atoms with Crippen LogP contribution in [-0.4, -0.2) is 40.6 Å². The third kappa shape index (κ3) is 5.00. The molecule has 1 aromatic carbocycles. The molecule has 0 amide bonds. The van der Waals surface area contributed by atoms with Gasteiger partial charge in [0.15, 0.2) is 0 Å². The normalized spacial score (nSPS) is 10.1. The molecule has 0 spiro atoms. The quantitative estimate of drug-likeness (QED) is 0.633. The van der Waals surface area contributed by atoms with Crippen molar-refractivity contribution in [3.63, 3.8) is 0 Å². The van der Waals surface area contributed by atoms with E-state index in [1.54, 1.807) is 14.2 Å². The SMILES string of the molecule is COCCOCCOc1ccc(OC)cc1. The zero-order chi connectivity index (χ0) is 11.6. The second kappa shape index (κ2) is 7.96. The van der Waals surface area contributed by atoms with Crippen molar-refractivity contribution >= 4 is 0 Å². The molecule has 0 saturated heterocycles. The van der Waals surface area contributed by atoms with Gasteiger partial charge in [0.1, 0.15) is 18.1 Å². The smallest absolute Gasteiger partial charge is 0.119 e. The molecule has 0 aliphatic rings. The minimum atomic E-state index is 0.538. The van der Waals surface area contributed by atoms with E-state index in [1.165, 1.54) is 0 Å². The van der Waals surface area contributed by atoms with Crippen LogP contribution in [-0.2, 0) is 9.47 Å². The minimum Gasteiger partial charge on any atom is -0.497 e. The van der Waals surface area contributed by atoms with Crippen molar-refractivity contribution in [3.8, 4) is 11.5 Å². The summed E-state index contributed by atoms with van der Waals surface area (Å²) in [6, 6.07) is 7.46. The van der Waals surface area contributed by atoms with E-state index in [0.29, 0.717) is 26.4 Å². The van der Waals surface area contributed by atoms with Crippen LogP contribution in [0.5, 0.6) is 11.5 Å². The fourth-order valence-electron chi connectivity index (χ4n) is 1.13. The zero-order valence-electron chi connectivity index (χ0n) is 9.77. The molecule has 0 heterocycles. The molecule has 0 radical (unpaired) electrons. The van der Waals surface area contributed by atoms with Crippen LogP contribution in [0.2, 0.25) is 0 Å². The van der Waals surface area contributed by atoms with E-state index in [1.807, 2.05) is 24.3 Å². The van der Waals surface area contributed by atoms with E-state index in [0.717, 1.165) is 11.5 Å². The molecular formula is C12H18O4. The summed E-state index contributed by atoms with van der Waals surface area (Å²) >= 11 is 0. The Balaban J connectivity index is 2.12. The van der Waals surface area contributed by atoms with Gasteiger partial charge in [0.2, 0.25) is 0 Å². The Hall–Kier alpha value is -1.26. The molecule has 0 N–H and O–H groups in total. The molecular weight excluding hydrogens is 208 g/mol. The summed E-state index contributed by atoms with van der Waals surface area (Å²) in [5.41, 5.74) is 0. The number of rotatable bonds is 8. The predicted molar refractivity (Wildman–Crippen MR) is 61.2 cm³/mol. The van der Waals surface area contributed by atoms with Gasteiger partial charge in [-0.05, 0) is 24.3 Å². The van der Waals surface area contributed by atoms with Crippen molar-refractivity contribution < 1.29 is 18.9 Å². The molecule has 90 valence electrons. The van der Waals surface area contributed by atoms with Crippen molar-refractivity contribution in [3.05, 3.63) is 24.3 Å². The third-order valence-corrected chi connectivity index (χ3v) is 1.99. The van der Waals surface area contributed by atoms with Crippen LogP contribution in [0.1, 0.15) is 0 Å². The zero-order valence-corrected chi connectivity index (χ0v) is 9.77. The molecule has 0 aromatic heterocycles. The van der Waals surface area contributed by atoms with Gasteiger partial charge in [-0.1, -0.05) is 0 Å². The monoisotopic (exact) mass is 226 g/mol. The average molecular weight is 226 g/mol. The topological polar surface area (TPSA) is 36.9 Å². The lowest BCUT2D eigenvalue weighted by Gasteiger charge is -2.07.